The van der Waals surface area contributed by atoms with Gasteiger partial charge in [0, 0.05) is 0 Å². The molecule has 0 unspecified atom stereocenters. The highest BCUT2D eigenvalue weighted by atomic mass is 17.0. The van der Waals surface area contributed by atoms with E-state index in [1.54, 1.807) is 0 Å². The lowest BCUT2D eigenvalue weighted by atomic mass is 10.2. The summed E-state index contributed by atoms with van der Waals surface area (Å²) in [5.74, 6) is 0. The molecule has 0 saturated carbocycles. The van der Waals surface area contributed by atoms with Crippen LogP contribution < -0.4 is 0 Å². The number of ether oxygens (including phenoxy) is 1. The Morgan fingerprint density at radius 2 is 2.07 bits per heavy atom. The molecule has 0 fully saturated rings. The van der Waals surface area contributed by atoms with Crippen LogP contribution in [0.2, 0.25) is 0 Å². The maximum Gasteiger partial charge on any atom is 0.294 e. The molecule has 1 radical (unpaired) electrons. The van der Waals surface area contributed by atoms with E-state index >= 15 is 0 Å². The van der Waals surface area contributed by atoms with E-state index in [4.69, 9.17) is 4.74 Å². The van der Waals surface area contributed by atoms with E-state index in [1.807, 2.05) is 30.3 Å². The monoisotopic (exact) mass is 210 g/mol. The predicted octanol–water partition coefficient (Wildman–Crippen LogP) is 1.61. The standard InChI is InChI=1S/C10H12NO4/c1-9(15-11(12)13)7-14-8-10-5-3-2-4-6-10/h2-6,9H,1,7-8H2/t9-/m1/s1. The molecule has 0 heterocycles. The summed E-state index contributed by atoms with van der Waals surface area (Å²) in [6, 6.07) is 9.52. The molecule has 15 heavy (non-hydrogen) atoms. The Morgan fingerprint density at radius 3 is 2.67 bits per heavy atom. The van der Waals surface area contributed by atoms with Crippen molar-refractivity contribution in [1.82, 2.24) is 0 Å². The average molecular weight is 210 g/mol. The molecular weight excluding hydrogens is 198 g/mol. The topological polar surface area (TPSA) is 61.6 Å². The fraction of sp³-hybridized carbons (Fsp3) is 0.300. The second-order valence-electron chi connectivity index (χ2n) is 2.95. The Bertz CT molecular complexity index is 302. The van der Waals surface area contributed by atoms with E-state index in [1.165, 1.54) is 0 Å². The third-order valence-corrected chi connectivity index (χ3v) is 1.65. The molecule has 1 aromatic carbocycles. The molecule has 1 aromatic rings. The predicted molar refractivity (Wildman–Crippen MR) is 53.3 cm³/mol. The molecule has 0 aliphatic rings. The van der Waals surface area contributed by atoms with Crippen molar-refractivity contribution in [3.63, 3.8) is 0 Å². The van der Waals surface area contributed by atoms with Crippen molar-refractivity contribution >= 4 is 0 Å². The zero-order valence-corrected chi connectivity index (χ0v) is 8.17. The second kappa shape index (κ2) is 5.98. The van der Waals surface area contributed by atoms with Gasteiger partial charge >= 0.3 is 0 Å². The van der Waals surface area contributed by atoms with Gasteiger partial charge in [0.25, 0.3) is 5.09 Å². The Balaban J connectivity index is 2.19. The summed E-state index contributed by atoms with van der Waals surface area (Å²) in [6.07, 6.45) is -0.788. The lowest BCUT2D eigenvalue weighted by Crippen LogP contribution is -2.19. The fourth-order valence-electron chi connectivity index (χ4n) is 1.03. The molecule has 1 rings (SSSR count). The van der Waals surface area contributed by atoms with Crippen molar-refractivity contribution in [2.45, 2.75) is 12.7 Å². The van der Waals surface area contributed by atoms with Crippen LogP contribution in [0.15, 0.2) is 30.3 Å². The minimum absolute atomic E-state index is 0.0931. The molecule has 0 aromatic heterocycles. The van der Waals surface area contributed by atoms with E-state index in [9.17, 15) is 10.1 Å². The van der Waals surface area contributed by atoms with Crippen molar-refractivity contribution in [2.75, 3.05) is 6.61 Å². The number of hydrogen-bond acceptors (Lipinski definition) is 4. The van der Waals surface area contributed by atoms with Crippen LogP contribution in [0.5, 0.6) is 0 Å². The smallest absolute Gasteiger partial charge is 0.294 e. The van der Waals surface area contributed by atoms with Gasteiger partial charge in [-0.05, 0) is 12.5 Å². The van der Waals surface area contributed by atoms with E-state index < -0.39 is 11.2 Å². The summed E-state index contributed by atoms with van der Waals surface area (Å²) in [5.41, 5.74) is 1.01. The van der Waals surface area contributed by atoms with Crippen LogP contribution in [0.1, 0.15) is 5.56 Å². The van der Waals surface area contributed by atoms with Crippen LogP contribution in [-0.4, -0.2) is 17.8 Å². The van der Waals surface area contributed by atoms with E-state index in [2.05, 4.69) is 11.8 Å². The van der Waals surface area contributed by atoms with Crippen molar-refractivity contribution < 1.29 is 14.7 Å². The van der Waals surface area contributed by atoms with Crippen LogP contribution in [0.3, 0.4) is 0 Å². The van der Waals surface area contributed by atoms with Gasteiger partial charge in [0.1, 0.15) is 6.10 Å². The quantitative estimate of drug-likeness (QED) is 0.528. The van der Waals surface area contributed by atoms with Gasteiger partial charge in [-0.3, -0.25) is 0 Å². The number of hydrogen-bond donors (Lipinski definition) is 0. The average Bonchev–Trinajstić information content (AvgIpc) is 2.18. The first-order valence-corrected chi connectivity index (χ1v) is 4.44. The van der Waals surface area contributed by atoms with E-state index in [0.717, 1.165) is 5.56 Å². The first kappa shape index (κ1) is 11.5. The summed E-state index contributed by atoms with van der Waals surface area (Å²) < 4.78 is 5.19. The van der Waals surface area contributed by atoms with Crippen molar-refractivity contribution in [2.24, 2.45) is 0 Å². The Kier molecular flexibility index (Phi) is 4.56. The van der Waals surface area contributed by atoms with Crippen LogP contribution in [0.25, 0.3) is 0 Å². The van der Waals surface area contributed by atoms with Crippen LogP contribution in [0.4, 0.5) is 0 Å². The minimum atomic E-state index is -0.871. The summed E-state index contributed by atoms with van der Waals surface area (Å²) in [7, 11) is 0. The first-order chi connectivity index (χ1) is 7.18. The van der Waals surface area contributed by atoms with Crippen LogP contribution >= 0.6 is 0 Å². The molecule has 0 saturated heterocycles. The number of nitrogens with zero attached hydrogens (tertiary/aromatic N) is 1. The summed E-state index contributed by atoms with van der Waals surface area (Å²) >= 11 is 0. The van der Waals surface area contributed by atoms with Crippen LogP contribution in [-0.2, 0) is 16.2 Å². The van der Waals surface area contributed by atoms with Gasteiger partial charge in [-0.25, -0.2) is 0 Å². The van der Waals surface area contributed by atoms with Gasteiger partial charge in [0.05, 0.1) is 13.2 Å². The molecule has 0 N–H and O–H groups in total. The van der Waals surface area contributed by atoms with E-state index in [0.29, 0.717) is 6.61 Å². The summed E-state index contributed by atoms with van der Waals surface area (Å²) in [6.45, 7) is 3.91. The fourth-order valence-corrected chi connectivity index (χ4v) is 1.03. The third kappa shape index (κ3) is 4.97. The lowest BCUT2D eigenvalue weighted by molar-refractivity contribution is -0.766. The molecule has 81 valence electrons. The van der Waals surface area contributed by atoms with Crippen molar-refractivity contribution in [1.29, 1.82) is 0 Å². The molecule has 5 nitrogen and oxygen atoms in total. The van der Waals surface area contributed by atoms with Gasteiger partial charge < -0.3 is 9.57 Å². The highest BCUT2D eigenvalue weighted by Crippen LogP contribution is 2.01. The largest absolute Gasteiger partial charge is 0.374 e. The highest BCUT2D eigenvalue weighted by molar-refractivity contribution is 5.13. The lowest BCUT2D eigenvalue weighted by Gasteiger charge is -2.09. The molecule has 5 heteroatoms. The normalized spacial score (nSPS) is 12.1. The van der Waals surface area contributed by atoms with Crippen LogP contribution in [0, 0.1) is 17.0 Å². The number of benzene rings is 1. The molecule has 0 aliphatic heterocycles. The zero-order valence-electron chi connectivity index (χ0n) is 8.17. The summed E-state index contributed by atoms with van der Waals surface area (Å²) in [5, 5.41) is 9.06. The second-order valence-corrected chi connectivity index (χ2v) is 2.95. The molecule has 0 bridgehead atoms. The maximum absolute atomic E-state index is 9.93. The highest BCUT2D eigenvalue weighted by Gasteiger charge is 2.06. The molecule has 0 aliphatic carbocycles. The maximum atomic E-state index is 9.93. The Labute approximate surface area is 87.7 Å². The first-order valence-electron chi connectivity index (χ1n) is 4.44. The van der Waals surface area contributed by atoms with Gasteiger partial charge in [-0.2, -0.15) is 0 Å². The van der Waals surface area contributed by atoms with E-state index in [-0.39, 0.29) is 6.61 Å². The summed E-state index contributed by atoms with van der Waals surface area (Å²) in [4.78, 5) is 14.1. The molecular formula is C10H12NO4. The number of rotatable bonds is 6. The van der Waals surface area contributed by atoms with Crippen molar-refractivity contribution in [3.8, 4) is 0 Å². The molecule has 1 atom stereocenters. The molecule has 0 amide bonds. The van der Waals surface area contributed by atoms with Gasteiger partial charge in [0.2, 0.25) is 0 Å². The Hall–Kier alpha value is -1.62. The van der Waals surface area contributed by atoms with Gasteiger partial charge in [0.15, 0.2) is 0 Å². The molecule has 0 spiro atoms. The van der Waals surface area contributed by atoms with Gasteiger partial charge in [-0.1, -0.05) is 30.3 Å². The van der Waals surface area contributed by atoms with Gasteiger partial charge in [-0.15, -0.1) is 10.1 Å². The Morgan fingerprint density at radius 1 is 1.40 bits per heavy atom. The third-order valence-electron chi connectivity index (χ3n) is 1.65. The van der Waals surface area contributed by atoms with Crippen molar-refractivity contribution in [3.05, 3.63) is 52.9 Å². The SMILES string of the molecule is [CH2][C@H](COCc1ccccc1)O[N+](=O)[O-]. The zero-order chi connectivity index (χ0) is 11.1. The minimum Gasteiger partial charge on any atom is -0.374 e.